The number of rotatable bonds is 8. The van der Waals surface area contributed by atoms with Gasteiger partial charge >= 0.3 is 6.18 Å². The van der Waals surface area contributed by atoms with Gasteiger partial charge < -0.3 is 10.6 Å². The summed E-state index contributed by atoms with van der Waals surface area (Å²) in [5.74, 6) is 0.146. The van der Waals surface area contributed by atoms with E-state index in [9.17, 15) is 26.4 Å². The van der Waals surface area contributed by atoms with E-state index in [1.807, 2.05) is 0 Å². The SMILES string of the molecule is CCC[C@H](NC1CCCCC1)C(=O)N[C@H]1CC[C@@H]2CN(S(=O)(=O)c3ccc(C(F)(F)F)cc3)C[C@@H]21. The lowest BCUT2D eigenvalue weighted by atomic mass is 9.94. The molecule has 1 aromatic carbocycles. The number of sulfonamides is 1. The van der Waals surface area contributed by atoms with Crippen LogP contribution in [0.25, 0.3) is 0 Å². The minimum Gasteiger partial charge on any atom is -0.352 e. The standard InChI is InChI=1S/C25H36F3N3O3S/c1-2-6-23(29-19-7-4-3-5-8-19)24(32)30-22-14-9-17-15-31(16-21(17)22)35(33,34)20-12-10-18(11-13-20)25(26,27)28/h10-13,17,19,21-23,29H,2-9,14-16H2,1H3,(H,30,32)/t17-,21+,22+,23+/m1/s1. The molecule has 0 radical (unpaired) electrons. The zero-order valence-electron chi connectivity index (χ0n) is 20.2. The highest BCUT2D eigenvalue weighted by molar-refractivity contribution is 7.89. The molecule has 1 amide bonds. The molecule has 10 heteroatoms. The van der Waals surface area contributed by atoms with Gasteiger partial charge in [0.2, 0.25) is 15.9 Å². The van der Waals surface area contributed by atoms with Gasteiger partial charge in [0, 0.05) is 25.2 Å². The fourth-order valence-corrected chi connectivity index (χ4v) is 7.52. The van der Waals surface area contributed by atoms with E-state index in [0.29, 0.717) is 12.6 Å². The summed E-state index contributed by atoms with van der Waals surface area (Å²) in [4.78, 5) is 13.0. The van der Waals surface area contributed by atoms with E-state index in [0.717, 1.165) is 62.8 Å². The Labute approximate surface area is 206 Å². The molecule has 3 fully saturated rings. The van der Waals surface area contributed by atoms with Crippen molar-refractivity contribution in [3.05, 3.63) is 29.8 Å². The number of alkyl halides is 3. The van der Waals surface area contributed by atoms with Crippen LogP contribution in [0.4, 0.5) is 13.2 Å². The lowest BCUT2D eigenvalue weighted by molar-refractivity contribution is -0.137. The maximum Gasteiger partial charge on any atom is 0.416 e. The molecular formula is C25H36F3N3O3S. The molecule has 0 aromatic heterocycles. The Morgan fingerprint density at radius 2 is 1.74 bits per heavy atom. The Morgan fingerprint density at radius 1 is 1.06 bits per heavy atom. The first-order valence-corrected chi connectivity index (χ1v) is 14.3. The number of benzene rings is 1. The molecule has 2 N–H and O–H groups in total. The maximum absolute atomic E-state index is 13.2. The van der Waals surface area contributed by atoms with Gasteiger partial charge in [-0.15, -0.1) is 0 Å². The number of hydrogen-bond donors (Lipinski definition) is 2. The maximum atomic E-state index is 13.2. The van der Waals surface area contributed by atoms with Gasteiger partial charge in [-0.05, 0) is 68.2 Å². The zero-order valence-corrected chi connectivity index (χ0v) is 21.0. The van der Waals surface area contributed by atoms with Gasteiger partial charge in [-0.1, -0.05) is 32.6 Å². The van der Waals surface area contributed by atoms with Crippen LogP contribution in [-0.4, -0.2) is 49.8 Å². The van der Waals surface area contributed by atoms with E-state index in [2.05, 4.69) is 17.6 Å². The summed E-state index contributed by atoms with van der Waals surface area (Å²) in [7, 11) is -3.90. The summed E-state index contributed by atoms with van der Waals surface area (Å²) < 4.78 is 66.2. The van der Waals surface area contributed by atoms with Gasteiger partial charge in [0.25, 0.3) is 0 Å². The first-order valence-electron chi connectivity index (χ1n) is 12.8. The Hall–Kier alpha value is -1.65. The molecule has 4 rings (SSSR count). The Bertz CT molecular complexity index is 978. The molecule has 0 bridgehead atoms. The van der Waals surface area contributed by atoms with Crippen molar-refractivity contribution in [2.75, 3.05) is 13.1 Å². The summed E-state index contributed by atoms with van der Waals surface area (Å²) in [6.45, 7) is 2.67. The van der Waals surface area contributed by atoms with Gasteiger partial charge in [0.05, 0.1) is 16.5 Å². The van der Waals surface area contributed by atoms with Crippen LogP contribution in [0.5, 0.6) is 0 Å². The molecule has 2 aliphatic carbocycles. The number of halogens is 3. The van der Waals surface area contributed by atoms with E-state index < -0.39 is 21.8 Å². The average Bonchev–Trinajstić information content (AvgIpc) is 3.41. The third kappa shape index (κ3) is 6.02. The molecular weight excluding hydrogens is 479 g/mol. The van der Waals surface area contributed by atoms with E-state index in [1.165, 1.54) is 23.6 Å². The Balaban J connectivity index is 1.38. The summed E-state index contributed by atoms with van der Waals surface area (Å²) in [5.41, 5.74) is -0.874. The minimum atomic E-state index is -4.51. The molecule has 1 aromatic rings. The molecule has 35 heavy (non-hydrogen) atoms. The van der Waals surface area contributed by atoms with Crippen LogP contribution in [0.15, 0.2) is 29.2 Å². The van der Waals surface area contributed by atoms with E-state index in [-0.39, 0.29) is 41.3 Å². The van der Waals surface area contributed by atoms with Gasteiger partial charge in [-0.25, -0.2) is 8.42 Å². The molecule has 1 heterocycles. The fraction of sp³-hybridized carbons (Fsp3) is 0.720. The number of carbonyl (C=O) groups excluding carboxylic acids is 1. The average molecular weight is 516 g/mol. The summed E-state index contributed by atoms with van der Waals surface area (Å²) in [6.07, 6.45) is 4.60. The van der Waals surface area contributed by atoms with Crippen molar-refractivity contribution >= 4 is 15.9 Å². The van der Waals surface area contributed by atoms with Crippen molar-refractivity contribution in [2.45, 2.75) is 93.9 Å². The van der Waals surface area contributed by atoms with Crippen LogP contribution in [0, 0.1) is 11.8 Å². The normalized spacial score (nSPS) is 27.0. The number of nitrogens with one attached hydrogen (secondary N) is 2. The largest absolute Gasteiger partial charge is 0.416 e. The van der Waals surface area contributed by atoms with Crippen LogP contribution < -0.4 is 10.6 Å². The highest BCUT2D eigenvalue weighted by atomic mass is 32.2. The highest BCUT2D eigenvalue weighted by Crippen LogP contribution is 2.40. The zero-order chi connectivity index (χ0) is 25.2. The topological polar surface area (TPSA) is 78.5 Å². The molecule has 1 aliphatic heterocycles. The molecule has 3 aliphatic rings. The molecule has 196 valence electrons. The smallest absolute Gasteiger partial charge is 0.352 e. The molecule has 2 saturated carbocycles. The second-order valence-corrected chi connectivity index (χ2v) is 12.2. The lowest BCUT2D eigenvalue weighted by Crippen LogP contribution is -2.52. The van der Waals surface area contributed by atoms with Crippen LogP contribution in [0.1, 0.15) is 70.3 Å². The number of fused-ring (bicyclic) bond motifs is 1. The number of carbonyl (C=O) groups is 1. The Morgan fingerprint density at radius 3 is 2.37 bits per heavy atom. The second-order valence-electron chi connectivity index (χ2n) is 10.3. The molecule has 0 unspecified atom stereocenters. The second kappa shape index (κ2) is 10.8. The predicted molar refractivity (Wildman–Crippen MR) is 127 cm³/mol. The van der Waals surface area contributed by atoms with Crippen molar-refractivity contribution in [3.8, 4) is 0 Å². The van der Waals surface area contributed by atoms with Gasteiger partial charge in [-0.2, -0.15) is 17.5 Å². The fourth-order valence-electron chi connectivity index (χ4n) is 5.98. The van der Waals surface area contributed by atoms with Crippen LogP contribution in [0.2, 0.25) is 0 Å². The number of nitrogens with zero attached hydrogens (tertiary/aromatic N) is 1. The molecule has 6 nitrogen and oxygen atoms in total. The van der Waals surface area contributed by atoms with E-state index in [1.54, 1.807) is 0 Å². The summed E-state index contributed by atoms with van der Waals surface area (Å²) >= 11 is 0. The van der Waals surface area contributed by atoms with Gasteiger partial charge in [-0.3, -0.25) is 4.79 Å². The third-order valence-corrected chi connectivity index (χ3v) is 9.75. The van der Waals surface area contributed by atoms with Crippen LogP contribution in [0.3, 0.4) is 0 Å². The number of hydrogen-bond acceptors (Lipinski definition) is 4. The van der Waals surface area contributed by atoms with Crippen LogP contribution >= 0.6 is 0 Å². The number of amides is 1. The quantitative estimate of drug-likeness (QED) is 0.541. The summed E-state index contributed by atoms with van der Waals surface area (Å²) in [5, 5.41) is 6.77. The first-order chi connectivity index (χ1) is 16.6. The van der Waals surface area contributed by atoms with E-state index >= 15 is 0 Å². The monoisotopic (exact) mass is 515 g/mol. The Kier molecular flexibility index (Phi) is 8.12. The van der Waals surface area contributed by atoms with Crippen molar-refractivity contribution in [1.29, 1.82) is 0 Å². The van der Waals surface area contributed by atoms with Gasteiger partial charge in [0.1, 0.15) is 0 Å². The van der Waals surface area contributed by atoms with Crippen molar-refractivity contribution in [1.82, 2.24) is 14.9 Å². The van der Waals surface area contributed by atoms with Gasteiger partial charge in [0.15, 0.2) is 0 Å². The summed E-state index contributed by atoms with van der Waals surface area (Å²) in [6, 6.07) is 3.71. The molecule has 0 spiro atoms. The highest BCUT2D eigenvalue weighted by Gasteiger charge is 2.47. The minimum absolute atomic E-state index is 0.00730. The molecule has 4 atom stereocenters. The van der Waals surface area contributed by atoms with Crippen molar-refractivity contribution in [3.63, 3.8) is 0 Å². The van der Waals surface area contributed by atoms with Crippen molar-refractivity contribution in [2.24, 2.45) is 11.8 Å². The lowest BCUT2D eigenvalue weighted by Gasteiger charge is -2.29. The van der Waals surface area contributed by atoms with Crippen LogP contribution in [-0.2, 0) is 21.0 Å². The van der Waals surface area contributed by atoms with E-state index in [4.69, 9.17) is 0 Å². The predicted octanol–water partition coefficient (Wildman–Crippen LogP) is 4.31. The third-order valence-electron chi connectivity index (χ3n) is 7.91. The molecule has 1 saturated heterocycles. The van der Waals surface area contributed by atoms with Crippen molar-refractivity contribution < 1.29 is 26.4 Å². The first kappa shape index (κ1) is 26.4.